The van der Waals surface area contributed by atoms with Crippen molar-refractivity contribution < 1.29 is 8.78 Å². The third kappa shape index (κ3) is 2.11. The van der Waals surface area contributed by atoms with Crippen molar-refractivity contribution in [2.45, 2.75) is 5.33 Å². The number of hydrogen-bond acceptors (Lipinski definition) is 1. The fourth-order valence-corrected chi connectivity index (χ4v) is 1.79. The summed E-state index contributed by atoms with van der Waals surface area (Å²) in [5, 5.41) is 0.307. The summed E-state index contributed by atoms with van der Waals surface area (Å²) in [7, 11) is 0. The number of alkyl halides is 1. The molecular formula is C12H8BrF2N. The summed E-state index contributed by atoms with van der Waals surface area (Å²) in [6.45, 7) is 0. The van der Waals surface area contributed by atoms with Gasteiger partial charge in [-0.05, 0) is 24.3 Å². The molecule has 1 heterocycles. The molecule has 0 saturated heterocycles. The van der Waals surface area contributed by atoms with Gasteiger partial charge in [0.2, 0.25) is 0 Å². The van der Waals surface area contributed by atoms with E-state index in [1.54, 1.807) is 18.2 Å². The summed E-state index contributed by atoms with van der Waals surface area (Å²) in [4.78, 5) is 4.06. The van der Waals surface area contributed by atoms with Gasteiger partial charge in [0.15, 0.2) is 0 Å². The Bertz CT molecular complexity index is 514. The van der Waals surface area contributed by atoms with Gasteiger partial charge in [-0.1, -0.05) is 28.1 Å². The Morgan fingerprint density at radius 2 is 1.75 bits per heavy atom. The van der Waals surface area contributed by atoms with Crippen LogP contribution in [0.15, 0.2) is 36.4 Å². The average Bonchev–Trinajstić information content (AvgIpc) is 2.31. The van der Waals surface area contributed by atoms with E-state index < -0.39 is 5.82 Å². The minimum absolute atomic E-state index is 0.278. The highest BCUT2D eigenvalue weighted by Gasteiger charge is 2.08. The fraction of sp³-hybridized carbons (Fsp3) is 0.0833. The summed E-state index contributed by atoms with van der Waals surface area (Å²) in [5.41, 5.74) is 1.10. The molecule has 0 amide bonds. The van der Waals surface area contributed by atoms with Crippen LogP contribution in [0, 0.1) is 11.6 Å². The Kier molecular flexibility index (Phi) is 3.29. The van der Waals surface area contributed by atoms with Crippen molar-refractivity contribution in [3.63, 3.8) is 0 Å². The fourth-order valence-electron chi connectivity index (χ4n) is 1.40. The molecule has 82 valence electrons. The van der Waals surface area contributed by atoms with Crippen molar-refractivity contribution in [2.24, 2.45) is 0 Å². The number of hydrogen-bond donors (Lipinski definition) is 0. The third-order valence-corrected chi connectivity index (χ3v) is 2.73. The maximum absolute atomic E-state index is 13.5. The Labute approximate surface area is 100 Å². The first kappa shape index (κ1) is 11.2. The second-order valence-corrected chi connectivity index (χ2v) is 3.80. The SMILES string of the molecule is Fc1ccccc1-c1ccc(F)c(CBr)n1. The van der Waals surface area contributed by atoms with E-state index in [0.717, 1.165) is 0 Å². The zero-order chi connectivity index (χ0) is 11.5. The predicted molar refractivity (Wildman–Crippen MR) is 62.2 cm³/mol. The van der Waals surface area contributed by atoms with Crippen LogP contribution < -0.4 is 0 Å². The maximum Gasteiger partial charge on any atom is 0.145 e. The largest absolute Gasteiger partial charge is 0.249 e. The molecule has 0 unspecified atom stereocenters. The van der Waals surface area contributed by atoms with Crippen molar-refractivity contribution in [3.05, 3.63) is 53.7 Å². The number of rotatable bonds is 2. The quantitative estimate of drug-likeness (QED) is 0.762. The molecule has 1 aromatic heterocycles. The van der Waals surface area contributed by atoms with E-state index in [1.165, 1.54) is 18.2 Å². The van der Waals surface area contributed by atoms with Gasteiger partial charge in [-0.2, -0.15) is 0 Å². The average molecular weight is 284 g/mol. The van der Waals surface area contributed by atoms with Gasteiger partial charge in [0.1, 0.15) is 11.6 Å². The summed E-state index contributed by atoms with van der Waals surface area (Å²) < 4.78 is 26.7. The molecule has 0 aliphatic rings. The van der Waals surface area contributed by atoms with E-state index in [4.69, 9.17) is 0 Å². The number of halogens is 3. The number of aromatic nitrogens is 1. The molecule has 0 aliphatic heterocycles. The van der Waals surface area contributed by atoms with E-state index in [2.05, 4.69) is 20.9 Å². The molecule has 0 aliphatic carbocycles. The van der Waals surface area contributed by atoms with Gasteiger partial charge in [-0.15, -0.1) is 0 Å². The topological polar surface area (TPSA) is 12.9 Å². The van der Waals surface area contributed by atoms with Crippen LogP contribution >= 0.6 is 15.9 Å². The first-order valence-corrected chi connectivity index (χ1v) is 5.81. The van der Waals surface area contributed by atoms with E-state index in [1.807, 2.05) is 0 Å². The number of nitrogens with zero attached hydrogens (tertiary/aromatic N) is 1. The molecular weight excluding hydrogens is 276 g/mol. The van der Waals surface area contributed by atoms with E-state index in [9.17, 15) is 8.78 Å². The van der Waals surface area contributed by atoms with Crippen LogP contribution in [0.5, 0.6) is 0 Å². The maximum atomic E-state index is 13.5. The molecule has 0 fully saturated rings. The zero-order valence-corrected chi connectivity index (χ0v) is 9.84. The van der Waals surface area contributed by atoms with Crippen LogP contribution in [0.2, 0.25) is 0 Å². The lowest BCUT2D eigenvalue weighted by Gasteiger charge is -2.04. The van der Waals surface area contributed by atoms with E-state index >= 15 is 0 Å². The zero-order valence-electron chi connectivity index (χ0n) is 8.25. The van der Waals surface area contributed by atoms with E-state index in [0.29, 0.717) is 16.6 Å². The molecule has 0 saturated carbocycles. The lowest BCUT2D eigenvalue weighted by Crippen LogP contribution is -1.95. The molecule has 4 heteroatoms. The monoisotopic (exact) mass is 283 g/mol. The van der Waals surface area contributed by atoms with Gasteiger partial charge in [0.25, 0.3) is 0 Å². The molecule has 2 rings (SSSR count). The predicted octanol–water partition coefficient (Wildman–Crippen LogP) is 3.92. The van der Waals surface area contributed by atoms with E-state index in [-0.39, 0.29) is 11.5 Å². The Morgan fingerprint density at radius 1 is 1.00 bits per heavy atom. The first-order valence-electron chi connectivity index (χ1n) is 4.68. The van der Waals surface area contributed by atoms with Gasteiger partial charge < -0.3 is 0 Å². The molecule has 0 bridgehead atoms. The lowest BCUT2D eigenvalue weighted by atomic mass is 10.1. The summed E-state index contributed by atoms with van der Waals surface area (Å²) >= 11 is 3.14. The summed E-state index contributed by atoms with van der Waals surface area (Å²) in [6.07, 6.45) is 0. The Morgan fingerprint density at radius 3 is 2.44 bits per heavy atom. The summed E-state index contributed by atoms with van der Waals surface area (Å²) in [6, 6.07) is 9.07. The second-order valence-electron chi connectivity index (χ2n) is 3.24. The van der Waals surface area contributed by atoms with Gasteiger partial charge >= 0.3 is 0 Å². The highest BCUT2D eigenvalue weighted by molar-refractivity contribution is 9.08. The van der Waals surface area contributed by atoms with Gasteiger partial charge in [0.05, 0.1) is 11.4 Å². The van der Waals surface area contributed by atoms with Crippen molar-refractivity contribution in [3.8, 4) is 11.3 Å². The molecule has 0 spiro atoms. The minimum Gasteiger partial charge on any atom is -0.249 e. The van der Waals surface area contributed by atoms with Gasteiger partial charge in [-0.3, -0.25) is 0 Å². The molecule has 1 nitrogen and oxygen atoms in total. The molecule has 1 aromatic carbocycles. The summed E-state index contributed by atoms with van der Waals surface area (Å²) in [5.74, 6) is -0.751. The van der Waals surface area contributed by atoms with Crippen LogP contribution in [0.25, 0.3) is 11.3 Å². The third-order valence-electron chi connectivity index (χ3n) is 2.20. The highest BCUT2D eigenvalue weighted by atomic mass is 79.9. The van der Waals surface area contributed by atoms with Crippen LogP contribution in [0.4, 0.5) is 8.78 Å². The van der Waals surface area contributed by atoms with Crippen molar-refractivity contribution in [1.29, 1.82) is 0 Å². The molecule has 0 radical (unpaired) electrons. The van der Waals surface area contributed by atoms with Gasteiger partial charge in [0, 0.05) is 10.9 Å². The van der Waals surface area contributed by atoms with Crippen LogP contribution in [0.3, 0.4) is 0 Å². The van der Waals surface area contributed by atoms with Crippen molar-refractivity contribution >= 4 is 15.9 Å². The van der Waals surface area contributed by atoms with Crippen LogP contribution in [-0.4, -0.2) is 4.98 Å². The van der Waals surface area contributed by atoms with Crippen molar-refractivity contribution in [2.75, 3.05) is 0 Å². The Balaban J connectivity index is 2.53. The normalized spacial score (nSPS) is 10.4. The molecule has 16 heavy (non-hydrogen) atoms. The van der Waals surface area contributed by atoms with Gasteiger partial charge in [-0.25, -0.2) is 13.8 Å². The smallest absolute Gasteiger partial charge is 0.145 e. The number of pyridine rings is 1. The highest BCUT2D eigenvalue weighted by Crippen LogP contribution is 2.22. The number of benzene rings is 1. The Hall–Kier alpha value is -1.29. The second kappa shape index (κ2) is 4.70. The van der Waals surface area contributed by atoms with Crippen LogP contribution in [-0.2, 0) is 5.33 Å². The molecule has 2 aromatic rings. The standard InChI is InChI=1S/C12H8BrF2N/c13-7-12-10(15)5-6-11(16-12)8-3-1-2-4-9(8)14/h1-6H,7H2. The lowest BCUT2D eigenvalue weighted by molar-refractivity contribution is 0.607. The van der Waals surface area contributed by atoms with Crippen LogP contribution in [0.1, 0.15) is 5.69 Å². The molecule has 0 N–H and O–H groups in total. The first-order chi connectivity index (χ1) is 7.72. The van der Waals surface area contributed by atoms with Crippen molar-refractivity contribution in [1.82, 2.24) is 4.98 Å². The minimum atomic E-state index is -0.392. The molecule has 0 atom stereocenters.